The van der Waals surface area contributed by atoms with Crippen molar-refractivity contribution in [1.82, 2.24) is 9.47 Å². The lowest BCUT2D eigenvalue weighted by atomic mass is 10.1. The highest BCUT2D eigenvalue weighted by atomic mass is 79.9. The van der Waals surface area contributed by atoms with Crippen LogP contribution in [-0.2, 0) is 17.9 Å². The third kappa shape index (κ3) is 5.07. The van der Waals surface area contributed by atoms with Crippen molar-refractivity contribution < 1.29 is 18.7 Å². The number of nitrogens with zero attached hydrogens (tertiary/aromatic N) is 2. The first-order valence-electron chi connectivity index (χ1n) is 11.1. The molecule has 2 heterocycles. The molecule has 4 aromatic rings. The number of carbonyl (C=O) groups is 2. The number of hydrogen-bond donors (Lipinski definition) is 0. The highest BCUT2D eigenvalue weighted by Gasteiger charge is 2.35. The van der Waals surface area contributed by atoms with E-state index in [1.165, 1.54) is 11.0 Å². The second kappa shape index (κ2) is 10.5. The molecule has 0 saturated carbocycles. The number of para-hydroxylation sites is 1. The van der Waals surface area contributed by atoms with E-state index in [0.717, 1.165) is 32.7 Å². The normalized spacial score (nSPS) is 14.9. The number of fused-ring (bicyclic) bond motifs is 1. The second-order valence-electron chi connectivity index (χ2n) is 8.08. The molecule has 3 aromatic carbocycles. The molecule has 5 rings (SSSR count). The van der Waals surface area contributed by atoms with Gasteiger partial charge in [-0.2, -0.15) is 0 Å². The van der Waals surface area contributed by atoms with Crippen LogP contribution >= 0.6 is 39.3 Å². The van der Waals surface area contributed by atoms with Gasteiger partial charge in [-0.3, -0.25) is 14.5 Å². The maximum Gasteiger partial charge on any atom is 0.293 e. The van der Waals surface area contributed by atoms with Crippen molar-refractivity contribution in [3.8, 4) is 5.75 Å². The van der Waals surface area contributed by atoms with Crippen LogP contribution in [0.5, 0.6) is 5.75 Å². The molecule has 2 amide bonds. The van der Waals surface area contributed by atoms with Crippen molar-refractivity contribution in [3.63, 3.8) is 0 Å². The number of benzene rings is 3. The molecule has 0 aliphatic carbocycles. The molecule has 1 aliphatic rings. The number of amides is 2. The lowest BCUT2D eigenvalue weighted by Crippen LogP contribution is -2.27. The Bertz CT molecular complexity index is 1520. The summed E-state index contributed by atoms with van der Waals surface area (Å²) >= 11 is 10.6. The molecule has 1 fully saturated rings. The first-order valence-corrected chi connectivity index (χ1v) is 13.0. The molecule has 1 aliphatic heterocycles. The molecule has 1 aromatic heterocycles. The Kier molecular flexibility index (Phi) is 7.18. The number of rotatable bonds is 7. The summed E-state index contributed by atoms with van der Waals surface area (Å²) in [6, 6.07) is 19.3. The van der Waals surface area contributed by atoms with Crippen molar-refractivity contribution in [2.45, 2.75) is 13.1 Å². The molecule has 0 N–H and O–H groups in total. The Morgan fingerprint density at radius 3 is 2.64 bits per heavy atom. The Labute approximate surface area is 224 Å². The fraction of sp³-hybridized carbons (Fsp3) is 0.111. The van der Waals surface area contributed by atoms with Crippen LogP contribution in [0.4, 0.5) is 9.18 Å². The van der Waals surface area contributed by atoms with Crippen molar-refractivity contribution in [2.75, 3.05) is 6.61 Å². The fourth-order valence-electron chi connectivity index (χ4n) is 3.99. The van der Waals surface area contributed by atoms with Gasteiger partial charge in [-0.15, -0.1) is 0 Å². The summed E-state index contributed by atoms with van der Waals surface area (Å²) in [5.74, 6) is -0.570. The zero-order chi connectivity index (χ0) is 25.2. The summed E-state index contributed by atoms with van der Waals surface area (Å²) in [6.45, 7) is 0.839. The predicted molar refractivity (Wildman–Crippen MR) is 144 cm³/mol. The van der Waals surface area contributed by atoms with Gasteiger partial charge in [-0.05, 0) is 59.8 Å². The van der Waals surface area contributed by atoms with Gasteiger partial charge in [-0.1, -0.05) is 57.9 Å². The van der Waals surface area contributed by atoms with Gasteiger partial charge in [0.1, 0.15) is 6.61 Å². The van der Waals surface area contributed by atoms with Gasteiger partial charge >= 0.3 is 0 Å². The average molecular weight is 586 g/mol. The van der Waals surface area contributed by atoms with Crippen LogP contribution in [0.1, 0.15) is 11.1 Å². The summed E-state index contributed by atoms with van der Waals surface area (Å²) in [5.41, 5.74) is 2.43. The zero-order valence-corrected chi connectivity index (χ0v) is 21.9. The molecular weight excluding hydrogens is 567 g/mol. The fourth-order valence-corrected chi connectivity index (χ4v) is 5.37. The molecular formula is C27H19BrClFN2O3S. The summed E-state index contributed by atoms with van der Waals surface area (Å²) in [5, 5.41) is 1.08. The summed E-state index contributed by atoms with van der Waals surface area (Å²) in [7, 11) is 0. The molecule has 0 bridgehead atoms. The van der Waals surface area contributed by atoms with Gasteiger partial charge in [0, 0.05) is 32.2 Å². The molecule has 0 radical (unpaired) electrons. The van der Waals surface area contributed by atoms with E-state index >= 15 is 0 Å². The Morgan fingerprint density at radius 2 is 1.83 bits per heavy atom. The molecule has 182 valence electrons. The van der Waals surface area contributed by atoms with Crippen LogP contribution in [-0.4, -0.2) is 27.2 Å². The van der Waals surface area contributed by atoms with Crippen LogP contribution in [0.15, 0.2) is 82.3 Å². The molecule has 5 nitrogen and oxygen atoms in total. The number of hydrogen-bond acceptors (Lipinski definition) is 4. The molecule has 0 spiro atoms. The van der Waals surface area contributed by atoms with Crippen molar-refractivity contribution in [2.24, 2.45) is 0 Å². The van der Waals surface area contributed by atoms with Gasteiger partial charge < -0.3 is 9.30 Å². The number of aromatic nitrogens is 1. The molecule has 0 unspecified atom stereocenters. The monoisotopic (exact) mass is 584 g/mol. The van der Waals surface area contributed by atoms with Crippen LogP contribution in [0.2, 0.25) is 5.02 Å². The highest BCUT2D eigenvalue weighted by molar-refractivity contribution is 9.10. The Balaban J connectivity index is 1.40. The quantitative estimate of drug-likeness (QED) is 0.211. The van der Waals surface area contributed by atoms with E-state index in [-0.39, 0.29) is 30.0 Å². The first-order chi connectivity index (χ1) is 17.4. The number of ether oxygens (including phenoxy) is 1. The lowest BCUT2D eigenvalue weighted by Gasteiger charge is -2.13. The van der Waals surface area contributed by atoms with E-state index in [0.29, 0.717) is 22.0 Å². The number of carbonyl (C=O) groups excluding carboxylic acids is 2. The third-order valence-corrected chi connectivity index (χ3v) is 7.52. The summed E-state index contributed by atoms with van der Waals surface area (Å²) in [4.78, 5) is 27.3. The van der Waals surface area contributed by atoms with E-state index in [1.807, 2.05) is 35.0 Å². The molecule has 1 saturated heterocycles. The second-order valence-corrected chi connectivity index (χ2v) is 10.4. The van der Waals surface area contributed by atoms with Crippen LogP contribution in [0.25, 0.3) is 17.0 Å². The maximum atomic E-state index is 13.9. The van der Waals surface area contributed by atoms with Gasteiger partial charge in [0.05, 0.1) is 18.0 Å². The van der Waals surface area contributed by atoms with Crippen LogP contribution < -0.4 is 4.74 Å². The SMILES string of the molecule is O=C1S/C(=C\c2cn(CCOc3ccccc3F)c3ccc(Br)cc23)C(=O)N1Cc1ccccc1Cl. The molecule has 0 atom stereocenters. The summed E-state index contributed by atoms with van der Waals surface area (Å²) in [6.07, 6.45) is 3.64. The van der Waals surface area contributed by atoms with Gasteiger partial charge in [0.2, 0.25) is 0 Å². The topological polar surface area (TPSA) is 51.5 Å². The highest BCUT2D eigenvalue weighted by Crippen LogP contribution is 2.36. The number of thioether (sulfide) groups is 1. The van der Waals surface area contributed by atoms with Gasteiger partial charge in [0.25, 0.3) is 11.1 Å². The molecule has 9 heteroatoms. The lowest BCUT2D eigenvalue weighted by molar-refractivity contribution is -0.123. The minimum atomic E-state index is -0.410. The van der Waals surface area contributed by atoms with Crippen LogP contribution in [0, 0.1) is 5.82 Å². The predicted octanol–water partition coefficient (Wildman–Crippen LogP) is 7.51. The third-order valence-electron chi connectivity index (χ3n) is 5.75. The van der Waals surface area contributed by atoms with E-state index in [1.54, 1.807) is 42.5 Å². The Hall–Kier alpha value is -3.07. The van der Waals surface area contributed by atoms with E-state index in [2.05, 4.69) is 15.9 Å². The number of halogens is 3. The van der Waals surface area contributed by atoms with Crippen LogP contribution in [0.3, 0.4) is 0 Å². The van der Waals surface area contributed by atoms with Gasteiger partial charge in [-0.25, -0.2) is 4.39 Å². The first kappa shape index (κ1) is 24.6. The minimum Gasteiger partial charge on any atom is -0.489 e. The number of imide groups is 1. The Morgan fingerprint density at radius 1 is 1.06 bits per heavy atom. The maximum absolute atomic E-state index is 13.9. The smallest absolute Gasteiger partial charge is 0.293 e. The van der Waals surface area contributed by atoms with E-state index in [4.69, 9.17) is 16.3 Å². The minimum absolute atomic E-state index is 0.113. The summed E-state index contributed by atoms with van der Waals surface area (Å²) < 4.78 is 22.4. The average Bonchev–Trinajstić information content (AvgIpc) is 3.33. The largest absolute Gasteiger partial charge is 0.489 e. The van der Waals surface area contributed by atoms with E-state index < -0.39 is 5.82 Å². The van der Waals surface area contributed by atoms with Crippen molar-refractivity contribution in [1.29, 1.82) is 0 Å². The van der Waals surface area contributed by atoms with Crippen molar-refractivity contribution in [3.05, 3.63) is 104 Å². The zero-order valence-electron chi connectivity index (χ0n) is 18.8. The van der Waals surface area contributed by atoms with E-state index in [9.17, 15) is 14.0 Å². The standard InChI is InChI=1S/C27H19BrClFN2O3S/c28-19-9-10-23-20(14-19)18(15-31(23)11-12-35-24-8-4-3-7-22(24)30)13-25-26(33)32(27(34)36-25)16-17-5-1-2-6-21(17)29/h1-10,13-15H,11-12,16H2/b25-13-. The van der Waals surface area contributed by atoms with Crippen molar-refractivity contribution >= 4 is 67.4 Å². The van der Waals surface area contributed by atoms with Gasteiger partial charge in [0.15, 0.2) is 11.6 Å². The molecule has 36 heavy (non-hydrogen) atoms.